The molecule has 7 heteroatoms. The lowest BCUT2D eigenvalue weighted by atomic mass is 10.3. The van der Waals surface area contributed by atoms with Gasteiger partial charge in [0, 0.05) is 0 Å². The minimum absolute atomic E-state index is 0.404. The number of hydrogen-bond donors (Lipinski definition) is 1. The molecule has 0 saturated carbocycles. The number of allylic oxidation sites excluding steroid dienone is 2. The van der Waals surface area contributed by atoms with E-state index in [0.717, 1.165) is 12.2 Å². The summed E-state index contributed by atoms with van der Waals surface area (Å²) in [4.78, 5) is 0. The smallest absolute Gasteiger partial charge is 0.295 e. The molecule has 0 spiro atoms. The summed E-state index contributed by atoms with van der Waals surface area (Å²) in [7, 11) is 3.20. The molecule has 0 radical (unpaired) electrons. The number of anilines is 1. The van der Waals surface area contributed by atoms with Crippen LogP contribution in [0.3, 0.4) is 0 Å². The second kappa shape index (κ2) is 7.54. The molecule has 2 N–H and O–H groups in total. The highest BCUT2D eigenvalue weighted by Crippen LogP contribution is 2.19. The van der Waals surface area contributed by atoms with Gasteiger partial charge in [0.15, 0.2) is 5.76 Å². The molecule has 0 amide bonds. The van der Waals surface area contributed by atoms with Crippen molar-refractivity contribution < 1.29 is 14.2 Å². The largest absolute Gasteiger partial charge is 0.498 e. The van der Waals surface area contributed by atoms with E-state index in [1.54, 1.807) is 14.2 Å². The number of ether oxygens (including phenoxy) is 3. The van der Waals surface area contributed by atoms with Gasteiger partial charge < -0.3 is 19.9 Å². The zero-order valence-corrected chi connectivity index (χ0v) is 11.5. The molecule has 0 atom stereocenters. The van der Waals surface area contributed by atoms with E-state index in [4.69, 9.17) is 19.9 Å². The van der Waals surface area contributed by atoms with Crippen molar-refractivity contribution in [2.24, 2.45) is 0 Å². The van der Waals surface area contributed by atoms with E-state index in [9.17, 15) is 0 Å². The van der Waals surface area contributed by atoms with Crippen molar-refractivity contribution in [1.29, 1.82) is 0 Å². The highest BCUT2D eigenvalue weighted by atomic mass is 32.1. The number of hydrogen-bond acceptors (Lipinski definition) is 7. The van der Waals surface area contributed by atoms with Crippen LogP contribution < -0.4 is 10.5 Å². The van der Waals surface area contributed by atoms with E-state index in [1.807, 2.05) is 19.1 Å². The molecule has 0 aliphatic heterocycles. The Labute approximate surface area is 110 Å². The van der Waals surface area contributed by atoms with Crippen molar-refractivity contribution in [1.82, 2.24) is 10.2 Å². The molecule has 0 aromatic carbocycles. The number of nitrogen functional groups attached to an aromatic ring is 1. The Morgan fingerprint density at radius 1 is 1.33 bits per heavy atom. The van der Waals surface area contributed by atoms with Crippen molar-refractivity contribution in [3.8, 4) is 5.19 Å². The average molecular weight is 271 g/mol. The van der Waals surface area contributed by atoms with Crippen molar-refractivity contribution in [2.75, 3.05) is 26.6 Å². The maximum atomic E-state index is 5.43. The molecule has 6 nitrogen and oxygen atoms in total. The molecule has 0 saturated heterocycles. The summed E-state index contributed by atoms with van der Waals surface area (Å²) in [5.74, 6) is 1.42. The van der Waals surface area contributed by atoms with E-state index in [2.05, 4.69) is 10.2 Å². The molecule has 0 unspecified atom stereocenters. The van der Waals surface area contributed by atoms with Crippen LogP contribution in [0, 0.1) is 0 Å². The van der Waals surface area contributed by atoms with Gasteiger partial charge in [-0.3, -0.25) is 0 Å². The number of nitrogens with two attached hydrogens (primary N) is 1. The molecule has 18 heavy (non-hydrogen) atoms. The Hall–Kier alpha value is -1.76. The van der Waals surface area contributed by atoms with Crippen LogP contribution in [0.4, 0.5) is 5.13 Å². The lowest BCUT2D eigenvalue weighted by Gasteiger charge is -2.05. The lowest BCUT2D eigenvalue weighted by Crippen LogP contribution is -1.95. The molecule has 0 aliphatic carbocycles. The van der Waals surface area contributed by atoms with Crippen molar-refractivity contribution >= 4 is 16.5 Å². The summed E-state index contributed by atoms with van der Waals surface area (Å²) in [6.45, 7) is 2.35. The predicted molar refractivity (Wildman–Crippen MR) is 70.3 cm³/mol. The van der Waals surface area contributed by atoms with Gasteiger partial charge in [-0.15, -0.1) is 5.10 Å². The van der Waals surface area contributed by atoms with Crippen LogP contribution in [0.5, 0.6) is 5.19 Å². The third-order valence-electron chi connectivity index (χ3n) is 2.07. The predicted octanol–water partition coefficient (Wildman–Crippen LogP) is 1.97. The third-order valence-corrected chi connectivity index (χ3v) is 2.74. The summed E-state index contributed by atoms with van der Waals surface area (Å²) in [6.07, 6.45) is 4.51. The fraction of sp³-hybridized carbons (Fsp3) is 0.455. The minimum Gasteiger partial charge on any atom is -0.498 e. The maximum absolute atomic E-state index is 5.43. The van der Waals surface area contributed by atoms with Gasteiger partial charge in [0.25, 0.3) is 5.19 Å². The van der Waals surface area contributed by atoms with Crippen LogP contribution in [-0.4, -0.2) is 31.0 Å². The fourth-order valence-corrected chi connectivity index (χ4v) is 1.60. The van der Waals surface area contributed by atoms with Crippen molar-refractivity contribution in [2.45, 2.75) is 13.3 Å². The SMILES string of the molecule is CO/C(C)=C(/C=C\CCOc1nnc(N)s1)OC. The average Bonchev–Trinajstić information content (AvgIpc) is 2.78. The first-order valence-corrected chi connectivity index (χ1v) is 6.16. The third kappa shape index (κ3) is 4.62. The van der Waals surface area contributed by atoms with Gasteiger partial charge in [-0.1, -0.05) is 11.2 Å². The zero-order chi connectivity index (χ0) is 13.4. The van der Waals surface area contributed by atoms with Gasteiger partial charge in [0.1, 0.15) is 5.76 Å². The number of aromatic nitrogens is 2. The number of rotatable bonds is 7. The van der Waals surface area contributed by atoms with E-state index in [1.165, 1.54) is 11.3 Å². The Morgan fingerprint density at radius 3 is 2.67 bits per heavy atom. The van der Waals surface area contributed by atoms with Crippen molar-refractivity contribution in [3.05, 3.63) is 23.7 Å². The highest BCUT2D eigenvalue weighted by molar-refractivity contribution is 7.16. The molecule has 1 aromatic rings. The second-order valence-corrected chi connectivity index (χ2v) is 4.25. The topological polar surface area (TPSA) is 79.5 Å². The summed E-state index contributed by atoms with van der Waals surface area (Å²) >= 11 is 1.22. The number of nitrogens with zero attached hydrogens (tertiary/aromatic N) is 2. The minimum atomic E-state index is 0.404. The molecule has 1 heterocycles. The first kappa shape index (κ1) is 14.3. The molecule has 0 bridgehead atoms. The quantitative estimate of drug-likeness (QED) is 0.464. The first-order chi connectivity index (χ1) is 8.67. The summed E-state index contributed by atoms with van der Waals surface area (Å²) < 4.78 is 15.6. The van der Waals surface area contributed by atoms with Crippen LogP contribution in [0.1, 0.15) is 13.3 Å². The Morgan fingerprint density at radius 2 is 2.11 bits per heavy atom. The van der Waals surface area contributed by atoms with E-state index in [0.29, 0.717) is 22.7 Å². The Kier molecular flexibility index (Phi) is 5.99. The van der Waals surface area contributed by atoms with E-state index < -0.39 is 0 Å². The Balaban J connectivity index is 2.33. The molecular formula is C11H17N3O3S. The zero-order valence-electron chi connectivity index (χ0n) is 10.7. The van der Waals surface area contributed by atoms with Crippen LogP contribution in [0.15, 0.2) is 23.7 Å². The van der Waals surface area contributed by atoms with Crippen LogP contribution in [0.2, 0.25) is 0 Å². The van der Waals surface area contributed by atoms with Gasteiger partial charge in [-0.2, -0.15) is 0 Å². The monoisotopic (exact) mass is 271 g/mol. The van der Waals surface area contributed by atoms with Gasteiger partial charge in [0.05, 0.1) is 20.8 Å². The summed E-state index contributed by atoms with van der Waals surface area (Å²) in [5.41, 5.74) is 5.43. The second-order valence-electron chi connectivity index (χ2n) is 3.27. The highest BCUT2D eigenvalue weighted by Gasteiger charge is 2.00. The molecular weight excluding hydrogens is 254 g/mol. The van der Waals surface area contributed by atoms with Crippen LogP contribution in [0.25, 0.3) is 0 Å². The number of methoxy groups -OCH3 is 2. The van der Waals surface area contributed by atoms with Gasteiger partial charge in [-0.05, 0) is 30.8 Å². The molecule has 100 valence electrons. The molecule has 1 rings (SSSR count). The summed E-state index contributed by atoms with van der Waals surface area (Å²) in [6, 6.07) is 0. The van der Waals surface area contributed by atoms with Gasteiger partial charge >= 0.3 is 0 Å². The van der Waals surface area contributed by atoms with Crippen LogP contribution in [-0.2, 0) is 9.47 Å². The molecule has 0 fully saturated rings. The molecule has 0 aliphatic rings. The fourth-order valence-electron chi connectivity index (χ4n) is 1.11. The van der Waals surface area contributed by atoms with E-state index >= 15 is 0 Å². The summed E-state index contributed by atoms with van der Waals surface area (Å²) in [5, 5.41) is 8.29. The normalized spacial score (nSPS) is 12.4. The Bertz CT molecular complexity index is 429. The van der Waals surface area contributed by atoms with Crippen LogP contribution >= 0.6 is 11.3 Å². The van der Waals surface area contributed by atoms with Gasteiger partial charge in [-0.25, -0.2) is 0 Å². The molecule has 1 aromatic heterocycles. The standard InChI is InChI=1S/C11H17N3O3S/c1-8(15-2)9(16-3)6-4-5-7-17-11-14-13-10(12)18-11/h4,6H,5,7H2,1-3H3,(H2,12,13)/b6-4-,9-8-. The lowest BCUT2D eigenvalue weighted by molar-refractivity contribution is 0.232. The van der Waals surface area contributed by atoms with Gasteiger partial charge in [0.2, 0.25) is 5.13 Å². The first-order valence-electron chi connectivity index (χ1n) is 5.34. The van der Waals surface area contributed by atoms with E-state index in [-0.39, 0.29) is 0 Å². The maximum Gasteiger partial charge on any atom is 0.295 e. The van der Waals surface area contributed by atoms with Crippen molar-refractivity contribution in [3.63, 3.8) is 0 Å².